The number of carbonyl (C=O) groups excluding carboxylic acids is 9. The average molecular weight is 1780 g/mol. The second-order valence-electron chi connectivity index (χ2n) is 35.2. The first-order valence-electron chi connectivity index (χ1n) is 40.2. The van der Waals surface area contributed by atoms with Crippen LogP contribution in [-0.2, 0) is 84.1 Å². The number of fused-ring (bicyclic) bond motifs is 1. The van der Waals surface area contributed by atoms with Crippen molar-refractivity contribution in [1.29, 1.82) is 0 Å². The fourth-order valence-corrected chi connectivity index (χ4v) is 14.3. The molecule has 0 unspecified atom stereocenters. The topological polar surface area (TPSA) is 325 Å². The molecule has 7 aromatic rings. The lowest BCUT2D eigenvalue weighted by molar-refractivity contribution is 0.0185. The quantitative estimate of drug-likeness (QED) is 0.0516. The molecule has 2 heterocycles. The zero-order chi connectivity index (χ0) is 88.4. The van der Waals surface area contributed by atoms with E-state index >= 15 is 0 Å². The largest absolute Gasteiger partial charge is 0.465 e. The summed E-state index contributed by atoms with van der Waals surface area (Å²) in [6.07, 6.45) is 10.6. The molecule has 120 heavy (non-hydrogen) atoms. The number of benzene rings is 6. The minimum Gasteiger partial charge on any atom is -0.465 e. The Balaban J connectivity index is 0.000000169. The van der Waals surface area contributed by atoms with Crippen LogP contribution in [0.3, 0.4) is 0 Å². The molecule has 0 radical (unpaired) electrons. The lowest BCUT2D eigenvalue weighted by atomic mass is 10.00. The molecule has 14 rings (SSSR count). The van der Waals surface area contributed by atoms with E-state index in [1.807, 2.05) is 187 Å². The number of halogens is 2. The van der Waals surface area contributed by atoms with Crippen LogP contribution >= 0.6 is 31.9 Å². The van der Waals surface area contributed by atoms with E-state index in [-0.39, 0.29) is 75.9 Å². The van der Waals surface area contributed by atoms with Gasteiger partial charge in [-0.3, -0.25) is 4.79 Å². The van der Waals surface area contributed by atoms with E-state index in [4.69, 9.17) is 38.7 Å². The third-order valence-corrected chi connectivity index (χ3v) is 22.7. The van der Waals surface area contributed by atoms with Crippen molar-refractivity contribution in [3.63, 3.8) is 0 Å². The van der Waals surface area contributed by atoms with E-state index in [0.717, 1.165) is 95.4 Å². The molecule has 6 aliphatic carbocycles. The van der Waals surface area contributed by atoms with Gasteiger partial charge in [-0.15, -0.1) is 0 Å². The first-order chi connectivity index (χ1) is 56.2. The van der Waals surface area contributed by atoms with Crippen LogP contribution in [0, 0.1) is 0 Å². The minimum absolute atomic E-state index is 0.0146. The van der Waals surface area contributed by atoms with Gasteiger partial charge >= 0.3 is 48.3 Å². The summed E-state index contributed by atoms with van der Waals surface area (Å²) in [7, 11) is 10.9. The fraction of sp³-hybridized carbons (Fsp3) is 0.478. The van der Waals surface area contributed by atoms with Crippen molar-refractivity contribution in [3.05, 3.63) is 227 Å². The molecule has 5 N–H and O–H groups in total. The highest BCUT2D eigenvalue weighted by molar-refractivity contribution is 9.10. The van der Waals surface area contributed by atoms with Crippen LogP contribution in [-0.4, -0.2) is 153 Å². The molecule has 646 valence electrons. The molecule has 5 amide bonds. The van der Waals surface area contributed by atoms with Crippen molar-refractivity contribution in [1.82, 2.24) is 35.8 Å². The van der Waals surface area contributed by atoms with Crippen molar-refractivity contribution in [2.45, 2.75) is 229 Å². The number of nitrogens with zero attached hydrogens (tertiary/aromatic N) is 4. The van der Waals surface area contributed by atoms with Gasteiger partial charge < -0.3 is 78.8 Å². The molecule has 0 spiro atoms. The lowest BCUT2D eigenvalue weighted by Gasteiger charge is -2.31. The van der Waals surface area contributed by atoms with Gasteiger partial charge in [-0.05, 0) is 273 Å². The number of amides is 5. The minimum atomic E-state index is -0.605. The van der Waals surface area contributed by atoms with E-state index in [1.54, 1.807) is 65.2 Å². The predicted molar refractivity (Wildman–Crippen MR) is 460 cm³/mol. The SMILES string of the molecule is CC(C)(C)OC(=O)NC1(c2ccc(Br)cc2)CC1.CNC1(c2ccc(C(=O)OC)cc2)CC1.COC(=O)c1ccc(C2(N(C)C(=O)OC(C)(C)C)CC2)cc1.COC(=O)c1ccc(C2(N(C)C(=O)c3noc4c3CN(C(=O)OC(C)(C)C)CC4)CC2)cc1.COC(=O)c1ccc(C2(NC(=O)OC(C)(C)C)CC2)cc1.NC1(c2ccc(Br)cc2)CC1. The van der Waals surface area contributed by atoms with Gasteiger partial charge in [0.2, 0.25) is 0 Å². The molecule has 0 atom stereocenters. The van der Waals surface area contributed by atoms with Gasteiger partial charge in [0.1, 0.15) is 28.2 Å². The first kappa shape index (κ1) is 93.7. The van der Waals surface area contributed by atoms with Gasteiger partial charge in [-0.2, -0.15) is 0 Å². The second kappa shape index (κ2) is 37.9. The first-order valence-corrected chi connectivity index (χ1v) is 41.8. The van der Waals surface area contributed by atoms with Gasteiger partial charge in [-0.25, -0.2) is 38.4 Å². The van der Waals surface area contributed by atoms with Gasteiger partial charge in [0, 0.05) is 52.6 Å². The summed E-state index contributed by atoms with van der Waals surface area (Å²) in [6.45, 7) is 22.7. The Kier molecular flexibility index (Phi) is 29.6. The van der Waals surface area contributed by atoms with E-state index in [9.17, 15) is 43.2 Å². The maximum atomic E-state index is 13.5. The van der Waals surface area contributed by atoms with Crippen molar-refractivity contribution in [3.8, 4) is 0 Å². The molecule has 0 saturated heterocycles. The van der Waals surface area contributed by atoms with Gasteiger partial charge in [0.15, 0.2) is 5.69 Å². The summed E-state index contributed by atoms with van der Waals surface area (Å²) >= 11 is 6.80. The molecule has 0 bridgehead atoms. The monoisotopic (exact) mass is 1780 g/mol. The van der Waals surface area contributed by atoms with Crippen LogP contribution in [0.2, 0.25) is 0 Å². The number of aromatic nitrogens is 1. The molecule has 28 heteroatoms. The molecule has 6 fully saturated rings. The van der Waals surface area contributed by atoms with Crippen molar-refractivity contribution in [2.24, 2.45) is 5.73 Å². The molecular weight excluding hydrogens is 1660 g/mol. The van der Waals surface area contributed by atoms with E-state index in [0.29, 0.717) is 46.5 Å². The standard InChI is InChI=1S/C24H29N3O6.C17H23NO4.C16H21NO4.C14H18BrNO2.C12H15NO2.C9H10BrN/c1-23(2,3)32-22(30)27-13-10-18-17(14-27)19(25-33-18)20(28)26(4)24(11-12-24)16-8-6-15(7-9-16)21(29)31-5;1-16(2,3)22-15(20)18(4)17(10-11-17)13-8-6-12(7-9-13)14(19)21-5;1-15(2,3)21-14(19)17-16(9-10-16)12-7-5-11(6-8-12)13(18)20-4;1-13(2,3)18-12(17)16-14(8-9-14)10-4-6-11(15)7-5-10;1-13-12(7-8-12)10-5-3-9(4-6-10)11(14)15-2;10-8-3-1-7(2-4-8)9(11)5-6-9/h6-9H,10-14H2,1-5H3;6-9H,10-11H2,1-5H3;5-8H,9-10H2,1-4H3,(H,17,19);4-7H,8-9H2,1-3H3,(H,16,17);3-6,13H,7-8H2,1-2H3;1-4H,5-6,11H2. The maximum Gasteiger partial charge on any atom is 0.410 e. The van der Waals surface area contributed by atoms with Crippen LogP contribution in [0.5, 0.6) is 0 Å². The molecule has 26 nitrogen and oxygen atoms in total. The number of ether oxygens (including phenoxy) is 8. The van der Waals surface area contributed by atoms with Gasteiger partial charge in [0.25, 0.3) is 5.91 Å². The molecule has 6 aromatic carbocycles. The van der Waals surface area contributed by atoms with E-state index in [2.05, 4.69) is 74.6 Å². The number of hydrogen-bond acceptors (Lipinski definition) is 21. The number of nitrogens with two attached hydrogens (primary N) is 1. The number of carbonyl (C=O) groups is 9. The fourth-order valence-electron chi connectivity index (χ4n) is 13.7. The van der Waals surface area contributed by atoms with Crippen LogP contribution in [0.25, 0.3) is 0 Å². The predicted octanol–water partition coefficient (Wildman–Crippen LogP) is 17.9. The van der Waals surface area contributed by atoms with Gasteiger partial charge in [0.05, 0.1) is 79.4 Å². The van der Waals surface area contributed by atoms with Crippen LogP contribution in [0.4, 0.5) is 19.2 Å². The number of rotatable bonds is 16. The Labute approximate surface area is 720 Å². The highest BCUT2D eigenvalue weighted by Crippen LogP contribution is 2.53. The molecule has 6 saturated carbocycles. The van der Waals surface area contributed by atoms with Gasteiger partial charge in [-0.1, -0.05) is 110 Å². The number of methoxy groups -OCH3 is 4. The highest BCUT2D eigenvalue weighted by atomic mass is 79.9. The van der Waals surface area contributed by atoms with Crippen molar-refractivity contribution in [2.75, 3.05) is 56.1 Å². The third-order valence-electron chi connectivity index (χ3n) is 21.6. The Bertz CT molecular complexity index is 4770. The second-order valence-corrected chi connectivity index (χ2v) is 37.1. The smallest absolute Gasteiger partial charge is 0.410 e. The number of nitrogens with one attached hydrogen (secondary N) is 3. The average Bonchev–Trinajstić information content (AvgIpc) is 1.61. The van der Waals surface area contributed by atoms with E-state index < -0.39 is 46.1 Å². The van der Waals surface area contributed by atoms with Crippen LogP contribution in [0.15, 0.2) is 159 Å². The van der Waals surface area contributed by atoms with Crippen molar-refractivity contribution < 1.29 is 85.6 Å². The Morgan fingerprint density at radius 1 is 0.425 bits per heavy atom. The normalized spacial score (nSPS) is 16.8. The summed E-state index contributed by atoms with van der Waals surface area (Å²) in [5.74, 6) is -1.06. The molecule has 1 aromatic heterocycles. The summed E-state index contributed by atoms with van der Waals surface area (Å²) in [6, 6.07) is 45.4. The Hall–Kier alpha value is -10.2. The number of esters is 4. The summed E-state index contributed by atoms with van der Waals surface area (Å²) in [5.41, 5.74) is 12.2. The molecule has 1 aliphatic heterocycles. The Morgan fingerprint density at radius 2 is 0.742 bits per heavy atom. The number of hydrogen-bond donors (Lipinski definition) is 4. The Morgan fingerprint density at radius 3 is 1.05 bits per heavy atom. The van der Waals surface area contributed by atoms with Crippen LogP contribution in [0.1, 0.15) is 257 Å². The maximum absolute atomic E-state index is 13.5. The van der Waals surface area contributed by atoms with Crippen LogP contribution < -0.4 is 21.7 Å². The summed E-state index contributed by atoms with van der Waals surface area (Å²) in [4.78, 5) is 113. The zero-order valence-corrected chi connectivity index (χ0v) is 75.6. The zero-order valence-electron chi connectivity index (χ0n) is 72.4. The summed E-state index contributed by atoms with van der Waals surface area (Å²) in [5, 5.41) is 13.3. The lowest BCUT2D eigenvalue weighted by Crippen LogP contribution is -2.41. The highest BCUT2D eigenvalue weighted by Gasteiger charge is 2.54. The molecule has 7 aliphatic rings. The van der Waals surface area contributed by atoms with E-state index in [1.165, 1.54) is 52.4 Å². The molecular formula is C92H116Br2N8O18. The third kappa shape index (κ3) is 24.8. The summed E-state index contributed by atoms with van der Waals surface area (Å²) < 4.78 is 47.9. The van der Waals surface area contributed by atoms with Crippen molar-refractivity contribution >= 4 is 86.0 Å². The number of alkyl carbamates (subject to hydrolysis) is 2.